The monoisotopic (exact) mass is 348 g/mol. The molecule has 0 aliphatic carbocycles. The number of hydrogen-bond acceptors (Lipinski definition) is 5. The third kappa shape index (κ3) is 2.81. The van der Waals surface area contributed by atoms with E-state index in [9.17, 15) is 4.79 Å². The third-order valence-electron chi connectivity index (χ3n) is 3.99. The molecular weight excluding hydrogens is 332 g/mol. The highest BCUT2D eigenvalue weighted by Crippen LogP contribution is 2.28. The van der Waals surface area contributed by atoms with Crippen LogP contribution in [0.5, 0.6) is 0 Å². The van der Waals surface area contributed by atoms with Crippen LogP contribution in [0, 0.1) is 6.92 Å². The average Bonchev–Trinajstić information content (AvgIpc) is 3.22. The molecule has 0 saturated heterocycles. The highest BCUT2D eigenvalue weighted by molar-refractivity contribution is 5.99. The standard InChI is InChI=1S/C17H16N8O/c1-10-9-19-23-16(10)21-17(26)20-12-6-4-11(5-7-12)13-3-2-8-25-14(13)15(18)22-24-25/h2-9H,18H2,1H3,(H3,19,20,21,23,26). The molecule has 3 aromatic heterocycles. The molecule has 26 heavy (non-hydrogen) atoms. The van der Waals surface area contributed by atoms with Crippen LogP contribution in [0.3, 0.4) is 0 Å². The van der Waals surface area contributed by atoms with E-state index in [1.165, 1.54) is 0 Å². The Kier molecular flexibility index (Phi) is 3.73. The van der Waals surface area contributed by atoms with Crippen molar-refractivity contribution >= 4 is 28.9 Å². The summed E-state index contributed by atoms with van der Waals surface area (Å²) in [5.74, 6) is 0.937. The number of benzene rings is 1. The molecule has 1 aromatic carbocycles. The molecule has 9 heteroatoms. The van der Waals surface area contributed by atoms with Crippen LogP contribution in [-0.4, -0.2) is 31.1 Å². The number of aryl methyl sites for hydroxylation is 1. The van der Waals surface area contributed by atoms with Gasteiger partial charge in [0.25, 0.3) is 0 Å². The number of carbonyl (C=O) groups is 1. The number of nitrogens with one attached hydrogen (secondary N) is 3. The van der Waals surface area contributed by atoms with Crippen molar-refractivity contribution in [2.75, 3.05) is 16.4 Å². The van der Waals surface area contributed by atoms with Gasteiger partial charge in [0.1, 0.15) is 11.3 Å². The number of fused-ring (bicyclic) bond motifs is 1. The van der Waals surface area contributed by atoms with Crippen molar-refractivity contribution in [2.24, 2.45) is 0 Å². The van der Waals surface area contributed by atoms with Gasteiger partial charge in [-0.25, -0.2) is 9.31 Å². The first kappa shape index (κ1) is 15.6. The number of urea groups is 1. The van der Waals surface area contributed by atoms with Crippen molar-refractivity contribution in [1.82, 2.24) is 25.0 Å². The van der Waals surface area contributed by atoms with Crippen LogP contribution in [0.4, 0.5) is 22.1 Å². The van der Waals surface area contributed by atoms with Crippen molar-refractivity contribution in [1.29, 1.82) is 0 Å². The molecule has 3 heterocycles. The van der Waals surface area contributed by atoms with Crippen molar-refractivity contribution in [3.63, 3.8) is 0 Å². The average molecular weight is 348 g/mol. The predicted molar refractivity (Wildman–Crippen MR) is 98.8 cm³/mol. The second kappa shape index (κ2) is 6.20. The van der Waals surface area contributed by atoms with Crippen molar-refractivity contribution in [3.05, 3.63) is 54.4 Å². The summed E-state index contributed by atoms with van der Waals surface area (Å²) in [4.78, 5) is 12.1. The normalized spacial score (nSPS) is 10.8. The van der Waals surface area contributed by atoms with Crippen LogP contribution in [0.15, 0.2) is 48.8 Å². The number of H-pyrrole nitrogens is 1. The van der Waals surface area contributed by atoms with E-state index in [1.807, 2.05) is 43.3 Å². The number of anilines is 3. The molecule has 0 atom stereocenters. The molecule has 4 rings (SSSR count). The number of aromatic amines is 1. The molecule has 9 nitrogen and oxygen atoms in total. The number of hydrogen-bond donors (Lipinski definition) is 4. The Labute approximate surface area is 148 Å². The summed E-state index contributed by atoms with van der Waals surface area (Å²) in [5.41, 5.74) is 10.0. The maximum absolute atomic E-state index is 12.1. The van der Waals surface area contributed by atoms with Gasteiger partial charge in [0.05, 0.1) is 6.20 Å². The van der Waals surface area contributed by atoms with Crippen molar-refractivity contribution < 1.29 is 4.79 Å². The van der Waals surface area contributed by atoms with Crippen molar-refractivity contribution in [3.8, 4) is 11.1 Å². The van der Waals surface area contributed by atoms with E-state index < -0.39 is 0 Å². The van der Waals surface area contributed by atoms with Gasteiger partial charge in [0.2, 0.25) is 0 Å². The molecule has 0 radical (unpaired) electrons. The third-order valence-corrected chi connectivity index (χ3v) is 3.99. The summed E-state index contributed by atoms with van der Waals surface area (Å²) in [7, 11) is 0. The Morgan fingerprint density at radius 3 is 2.73 bits per heavy atom. The van der Waals surface area contributed by atoms with E-state index in [2.05, 4.69) is 31.1 Å². The van der Waals surface area contributed by atoms with Gasteiger partial charge in [-0.3, -0.25) is 10.4 Å². The van der Waals surface area contributed by atoms with Gasteiger partial charge in [-0.1, -0.05) is 23.4 Å². The fourth-order valence-electron chi connectivity index (χ4n) is 2.69. The number of nitrogen functional groups attached to an aromatic ring is 1. The van der Waals surface area contributed by atoms with Crippen LogP contribution >= 0.6 is 0 Å². The quantitative estimate of drug-likeness (QED) is 0.453. The zero-order valence-corrected chi connectivity index (χ0v) is 13.9. The van der Waals surface area contributed by atoms with Crippen molar-refractivity contribution in [2.45, 2.75) is 6.92 Å². The van der Waals surface area contributed by atoms with Crippen LogP contribution < -0.4 is 16.4 Å². The van der Waals surface area contributed by atoms with Gasteiger partial charge in [0.15, 0.2) is 5.82 Å². The highest BCUT2D eigenvalue weighted by Gasteiger charge is 2.10. The first-order valence-corrected chi connectivity index (χ1v) is 7.90. The first-order chi connectivity index (χ1) is 12.6. The molecule has 0 bridgehead atoms. The lowest BCUT2D eigenvalue weighted by molar-refractivity contribution is 0.262. The lowest BCUT2D eigenvalue weighted by atomic mass is 10.1. The minimum Gasteiger partial charge on any atom is -0.380 e. The van der Waals surface area contributed by atoms with Gasteiger partial charge in [-0.2, -0.15) is 5.10 Å². The largest absolute Gasteiger partial charge is 0.380 e. The summed E-state index contributed by atoms with van der Waals surface area (Å²) in [6.07, 6.45) is 3.43. The number of nitrogens with zero attached hydrogens (tertiary/aromatic N) is 4. The topological polar surface area (TPSA) is 126 Å². The van der Waals surface area contributed by atoms with Gasteiger partial charge >= 0.3 is 6.03 Å². The van der Waals surface area contributed by atoms with Crippen LogP contribution in [0.1, 0.15) is 5.56 Å². The summed E-state index contributed by atoms with van der Waals surface area (Å²) in [6, 6.07) is 10.9. The SMILES string of the molecule is Cc1cn[nH]c1NC(=O)Nc1ccc(-c2cccn3nnc(N)c23)cc1. The Balaban J connectivity index is 1.54. The molecule has 0 aliphatic rings. The second-order valence-electron chi connectivity index (χ2n) is 5.77. The van der Waals surface area contributed by atoms with Crippen LogP contribution in [0.25, 0.3) is 16.6 Å². The predicted octanol–water partition coefficient (Wildman–Crippen LogP) is 2.65. The second-order valence-corrected chi connectivity index (χ2v) is 5.77. The maximum Gasteiger partial charge on any atom is 0.324 e. The van der Waals surface area contributed by atoms with E-state index >= 15 is 0 Å². The Morgan fingerprint density at radius 1 is 1.19 bits per heavy atom. The molecular formula is C17H16N8O. The zero-order chi connectivity index (χ0) is 18.1. The van der Waals surface area contributed by atoms with Gasteiger partial charge in [-0.15, -0.1) is 5.10 Å². The Bertz CT molecular complexity index is 1080. The van der Waals surface area contributed by atoms with Gasteiger partial charge < -0.3 is 11.1 Å². The smallest absolute Gasteiger partial charge is 0.324 e. The van der Waals surface area contributed by atoms with Gasteiger partial charge in [0, 0.05) is 23.0 Å². The fourth-order valence-corrected chi connectivity index (χ4v) is 2.69. The van der Waals surface area contributed by atoms with E-state index in [0.717, 1.165) is 22.2 Å². The number of amides is 2. The van der Waals surface area contributed by atoms with E-state index in [0.29, 0.717) is 17.3 Å². The molecule has 0 unspecified atom stereocenters. The lowest BCUT2D eigenvalue weighted by Crippen LogP contribution is -2.20. The maximum atomic E-state index is 12.1. The summed E-state index contributed by atoms with van der Waals surface area (Å²) in [5, 5.41) is 19.9. The minimum absolute atomic E-state index is 0.351. The molecule has 2 amide bonds. The lowest BCUT2D eigenvalue weighted by Gasteiger charge is -2.09. The van der Waals surface area contributed by atoms with Gasteiger partial charge in [-0.05, 0) is 30.7 Å². The molecule has 0 spiro atoms. The number of carbonyl (C=O) groups excluding carboxylic acids is 1. The Morgan fingerprint density at radius 2 is 2.00 bits per heavy atom. The summed E-state index contributed by atoms with van der Waals surface area (Å²) >= 11 is 0. The van der Waals surface area contributed by atoms with E-state index in [4.69, 9.17) is 5.73 Å². The summed E-state index contributed by atoms with van der Waals surface area (Å²) < 4.78 is 1.64. The number of pyridine rings is 1. The number of aromatic nitrogens is 5. The molecule has 0 aliphatic heterocycles. The molecule has 5 N–H and O–H groups in total. The van der Waals surface area contributed by atoms with E-state index in [-0.39, 0.29) is 6.03 Å². The highest BCUT2D eigenvalue weighted by atomic mass is 16.2. The molecule has 0 saturated carbocycles. The molecule has 0 fully saturated rings. The van der Waals surface area contributed by atoms with Crippen LogP contribution in [-0.2, 0) is 0 Å². The number of rotatable bonds is 3. The van der Waals surface area contributed by atoms with Crippen LogP contribution in [0.2, 0.25) is 0 Å². The minimum atomic E-state index is -0.351. The summed E-state index contributed by atoms with van der Waals surface area (Å²) in [6.45, 7) is 1.85. The molecule has 4 aromatic rings. The zero-order valence-electron chi connectivity index (χ0n) is 13.9. The molecule has 130 valence electrons. The first-order valence-electron chi connectivity index (χ1n) is 7.90. The number of nitrogens with two attached hydrogens (primary N) is 1. The Hall–Kier alpha value is -3.88. The van der Waals surface area contributed by atoms with E-state index in [1.54, 1.807) is 16.9 Å². The fraction of sp³-hybridized carbons (Fsp3) is 0.0588.